The van der Waals surface area contributed by atoms with Crippen molar-refractivity contribution in [2.24, 2.45) is 0 Å². The van der Waals surface area contributed by atoms with E-state index in [2.05, 4.69) is 9.88 Å². The second-order valence-electron chi connectivity index (χ2n) is 7.18. The number of amides is 2. The lowest BCUT2D eigenvalue weighted by Crippen LogP contribution is -2.49. The van der Waals surface area contributed by atoms with Crippen LogP contribution in [0.5, 0.6) is 0 Å². The van der Waals surface area contributed by atoms with E-state index in [1.165, 1.54) is 18.3 Å². The first-order chi connectivity index (χ1) is 13.6. The van der Waals surface area contributed by atoms with Crippen LogP contribution in [0.25, 0.3) is 0 Å². The van der Waals surface area contributed by atoms with Crippen LogP contribution in [0, 0.1) is 5.82 Å². The number of hydrogen-bond donors (Lipinski definition) is 0. The average molecular weight is 382 g/mol. The number of aromatic nitrogens is 1. The summed E-state index contributed by atoms with van der Waals surface area (Å²) in [5.74, 6) is -0.447. The first kappa shape index (κ1) is 18.4. The quantitative estimate of drug-likeness (QED) is 0.818. The molecule has 2 aliphatic rings. The molecule has 2 amide bonds. The lowest BCUT2D eigenvalue weighted by atomic mass is 10.1. The molecule has 0 aliphatic carbocycles. The summed E-state index contributed by atoms with van der Waals surface area (Å²) in [6.07, 6.45) is 3.59. The Morgan fingerprint density at radius 3 is 2.14 bits per heavy atom. The van der Waals surface area contributed by atoms with Crippen LogP contribution < -0.4 is 4.90 Å². The number of anilines is 1. The summed E-state index contributed by atoms with van der Waals surface area (Å²) in [4.78, 5) is 35.3. The van der Waals surface area contributed by atoms with Gasteiger partial charge < -0.3 is 14.7 Å². The molecule has 146 valence electrons. The maximum atomic E-state index is 13.1. The van der Waals surface area contributed by atoms with E-state index in [4.69, 9.17) is 0 Å². The molecule has 7 heteroatoms. The Labute approximate surface area is 163 Å². The summed E-state index contributed by atoms with van der Waals surface area (Å²) in [5.41, 5.74) is 1.77. The molecule has 0 unspecified atom stereocenters. The topological polar surface area (TPSA) is 56.8 Å². The molecule has 2 fully saturated rings. The normalized spacial score (nSPS) is 17.1. The first-order valence-electron chi connectivity index (χ1n) is 9.67. The van der Waals surface area contributed by atoms with Crippen LogP contribution in [0.3, 0.4) is 0 Å². The third kappa shape index (κ3) is 3.83. The van der Waals surface area contributed by atoms with Crippen molar-refractivity contribution in [2.45, 2.75) is 12.8 Å². The highest BCUT2D eigenvalue weighted by atomic mass is 19.1. The molecule has 0 N–H and O–H groups in total. The molecule has 0 atom stereocenters. The fourth-order valence-corrected chi connectivity index (χ4v) is 3.76. The molecule has 2 saturated heterocycles. The minimum atomic E-state index is -0.257. The summed E-state index contributed by atoms with van der Waals surface area (Å²) >= 11 is 0. The molecule has 1 aromatic carbocycles. The predicted octanol–water partition coefficient (Wildman–Crippen LogP) is 2.42. The Morgan fingerprint density at radius 1 is 0.821 bits per heavy atom. The zero-order valence-corrected chi connectivity index (χ0v) is 15.7. The minimum absolute atomic E-state index is 0.0323. The Balaban J connectivity index is 1.40. The van der Waals surface area contributed by atoms with Crippen LogP contribution >= 0.6 is 0 Å². The number of rotatable bonds is 3. The maximum Gasteiger partial charge on any atom is 0.272 e. The van der Waals surface area contributed by atoms with Crippen molar-refractivity contribution in [1.82, 2.24) is 14.8 Å². The van der Waals surface area contributed by atoms with E-state index >= 15 is 0 Å². The summed E-state index contributed by atoms with van der Waals surface area (Å²) in [5, 5.41) is 0. The lowest BCUT2D eigenvalue weighted by molar-refractivity contribution is 0.0741. The number of carbonyl (C=O) groups is 2. The van der Waals surface area contributed by atoms with Gasteiger partial charge in [0.2, 0.25) is 0 Å². The van der Waals surface area contributed by atoms with Gasteiger partial charge >= 0.3 is 0 Å². The van der Waals surface area contributed by atoms with Gasteiger partial charge in [0.25, 0.3) is 11.8 Å². The zero-order valence-electron chi connectivity index (χ0n) is 15.7. The number of halogens is 1. The van der Waals surface area contributed by atoms with Gasteiger partial charge in [0.15, 0.2) is 0 Å². The monoisotopic (exact) mass is 382 g/mol. The molecular formula is C21H23FN4O2. The van der Waals surface area contributed by atoms with Gasteiger partial charge in [-0.2, -0.15) is 0 Å². The van der Waals surface area contributed by atoms with Crippen molar-refractivity contribution in [3.05, 3.63) is 59.7 Å². The van der Waals surface area contributed by atoms with Crippen molar-refractivity contribution in [3.8, 4) is 0 Å². The summed E-state index contributed by atoms with van der Waals surface area (Å²) in [6, 6.07) is 9.67. The van der Waals surface area contributed by atoms with Crippen LogP contribution in [0.4, 0.5) is 10.1 Å². The van der Waals surface area contributed by atoms with E-state index in [0.717, 1.165) is 31.6 Å². The molecular weight excluding hydrogens is 359 g/mol. The van der Waals surface area contributed by atoms with Crippen molar-refractivity contribution < 1.29 is 14.0 Å². The Bertz CT molecular complexity index is 857. The van der Waals surface area contributed by atoms with Gasteiger partial charge in [0.05, 0.1) is 0 Å². The molecule has 0 spiro atoms. The molecule has 2 aromatic rings. The third-order valence-electron chi connectivity index (χ3n) is 5.38. The van der Waals surface area contributed by atoms with E-state index in [1.807, 2.05) is 4.90 Å². The molecule has 28 heavy (non-hydrogen) atoms. The molecule has 0 radical (unpaired) electrons. The number of hydrogen-bond acceptors (Lipinski definition) is 4. The number of carbonyl (C=O) groups excluding carboxylic acids is 2. The van der Waals surface area contributed by atoms with E-state index in [1.54, 1.807) is 29.2 Å². The van der Waals surface area contributed by atoms with Crippen LogP contribution in [-0.2, 0) is 0 Å². The summed E-state index contributed by atoms with van der Waals surface area (Å²) in [6.45, 7) is 4.00. The number of nitrogens with zero attached hydrogens (tertiary/aromatic N) is 4. The highest BCUT2D eigenvalue weighted by molar-refractivity contribution is 5.98. The predicted molar refractivity (Wildman–Crippen MR) is 104 cm³/mol. The molecule has 4 rings (SSSR count). The van der Waals surface area contributed by atoms with E-state index in [-0.39, 0.29) is 17.6 Å². The summed E-state index contributed by atoms with van der Waals surface area (Å²) < 4.78 is 13.1. The standard InChI is InChI=1S/C21H23FN4O2/c22-17-3-5-18(6-4-17)24-11-13-26(14-12-24)21(28)19-15-16(7-8-23-19)20(27)25-9-1-2-10-25/h3-8,15H,1-2,9-14H2. The third-order valence-corrected chi connectivity index (χ3v) is 5.38. The van der Waals surface area contributed by atoms with Gasteiger partial charge in [0.1, 0.15) is 11.5 Å². The van der Waals surface area contributed by atoms with Gasteiger partial charge in [0, 0.05) is 56.7 Å². The summed E-state index contributed by atoms with van der Waals surface area (Å²) in [7, 11) is 0. The molecule has 1 aromatic heterocycles. The van der Waals surface area contributed by atoms with E-state index < -0.39 is 0 Å². The SMILES string of the molecule is O=C(c1ccnc(C(=O)N2CCN(c3ccc(F)cc3)CC2)c1)N1CCCC1. The fraction of sp³-hybridized carbons (Fsp3) is 0.381. The number of likely N-dealkylation sites (tertiary alicyclic amines) is 1. The molecule has 0 bridgehead atoms. The Hall–Kier alpha value is -2.96. The molecule has 0 saturated carbocycles. The molecule has 6 nitrogen and oxygen atoms in total. The van der Waals surface area contributed by atoms with E-state index in [0.29, 0.717) is 37.4 Å². The van der Waals surface area contributed by atoms with Gasteiger partial charge in [-0.1, -0.05) is 0 Å². The highest BCUT2D eigenvalue weighted by Gasteiger charge is 2.25. The van der Waals surface area contributed by atoms with E-state index in [9.17, 15) is 14.0 Å². The highest BCUT2D eigenvalue weighted by Crippen LogP contribution is 2.18. The van der Waals surface area contributed by atoms with Gasteiger partial charge in [-0.3, -0.25) is 14.6 Å². The van der Waals surface area contributed by atoms with Crippen molar-refractivity contribution in [1.29, 1.82) is 0 Å². The maximum absolute atomic E-state index is 13.1. The fourth-order valence-electron chi connectivity index (χ4n) is 3.76. The van der Waals surface area contributed by atoms with Crippen molar-refractivity contribution >= 4 is 17.5 Å². The Morgan fingerprint density at radius 2 is 1.46 bits per heavy atom. The van der Waals surface area contributed by atoms with Crippen LogP contribution in [0.1, 0.15) is 33.7 Å². The number of benzene rings is 1. The Kier molecular flexibility index (Phi) is 5.23. The van der Waals surface area contributed by atoms with Gasteiger partial charge in [-0.25, -0.2) is 4.39 Å². The largest absolute Gasteiger partial charge is 0.368 e. The van der Waals surface area contributed by atoms with Crippen LogP contribution in [-0.4, -0.2) is 65.9 Å². The van der Waals surface area contributed by atoms with Crippen molar-refractivity contribution in [3.63, 3.8) is 0 Å². The van der Waals surface area contributed by atoms with Gasteiger partial charge in [-0.05, 0) is 49.2 Å². The lowest BCUT2D eigenvalue weighted by Gasteiger charge is -2.36. The average Bonchev–Trinajstić information content (AvgIpc) is 3.28. The van der Waals surface area contributed by atoms with Crippen LogP contribution in [0.15, 0.2) is 42.6 Å². The first-order valence-corrected chi connectivity index (χ1v) is 9.67. The van der Waals surface area contributed by atoms with Crippen molar-refractivity contribution in [2.75, 3.05) is 44.2 Å². The van der Waals surface area contributed by atoms with Crippen LogP contribution in [0.2, 0.25) is 0 Å². The van der Waals surface area contributed by atoms with Gasteiger partial charge in [-0.15, -0.1) is 0 Å². The smallest absolute Gasteiger partial charge is 0.272 e. The second kappa shape index (κ2) is 7.96. The number of pyridine rings is 1. The number of piperazine rings is 1. The second-order valence-corrected chi connectivity index (χ2v) is 7.18. The minimum Gasteiger partial charge on any atom is -0.368 e. The zero-order chi connectivity index (χ0) is 19.5. The molecule has 2 aliphatic heterocycles. The molecule has 3 heterocycles.